The fourth-order valence-corrected chi connectivity index (χ4v) is 4.88. The number of ether oxygens (including phenoxy) is 1. The highest BCUT2D eigenvalue weighted by molar-refractivity contribution is 6.14. The first kappa shape index (κ1) is 31.9. The van der Waals surface area contributed by atoms with Gasteiger partial charge in [0.05, 0.1) is 31.0 Å². The number of aromatic nitrogens is 1. The minimum absolute atomic E-state index is 0.0129. The molecule has 4 rings (SSSR count). The largest absolute Gasteiger partial charge is 0.408 e. The number of carbonyl (C=O) groups excluding carboxylic acids is 3. The van der Waals surface area contributed by atoms with Crippen LogP contribution < -0.4 is 11.1 Å². The number of alkyl halides is 3. The second-order valence-corrected chi connectivity index (χ2v) is 11.1. The number of likely N-dealkylation sites (tertiary alicyclic amines) is 1. The molecule has 2 aliphatic rings. The third-order valence-corrected chi connectivity index (χ3v) is 7.18. The van der Waals surface area contributed by atoms with Crippen molar-refractivity contribution in [2.75, 3.05) is 26.2 Å². The first-order valence-electron chi connectivity index (χ1n) is 13.4. The van der Waals surface area contributed by atoms with Gasteiger partial charge in [0.15, 0.2) is 0 Å². The van der Waals surface area contributed by atoms with Crippen molar-refractivity contribution in [2.45, 2.75) is 51.1 Å². The van der Waals surface area contributed by atoms with Crippen LogP contribution in [0.15, 0.2) is 47.7 Å². The zero-order valence-electron chi connectivity index (χ0n) is 23.5. The van der Waals surface area contributed by atoms with E-state index in [9.17, 15) is 36.3 Å². The van der Waals surface area contributed by atoms with E-state index >= 15 is 0 Å². The second kappa shape index (κ2) is 12.3. The number of amides is 3. The third-order valence-electron chi connectivity index (χ3n) is 7.18. The molecule has 1 fully saturated rings. The Bertz CT molecular complexity index is 1400. The molecular weight excluding hydrogens is 579 g/mol. The lowest BCUT2D eigenvalue weighted by molar-refractivity contribution is -0.163. The first-order valence-corrected chi connectivity index (χ1v) is 13.4. The summed E-state index contributed by atoms with van der Waals surface area (Å²) in [6, 6.07) is 6.56. The van der Waals surface area contributed by atoms with Crippen molar-refractivity contribution in [2.24, 2.45) is 16.3 Å². The van der Waals surface area contributed by atoms with Gasteiger partial charge < -0.3 is 20.7 Å². The highest BCUT2D eigenvalue weighted by atomic mass is 19.4. The van der Waals surface area contributed by atoms with E-state index in [4.69, 9.17) is 10.5 Å². The van der Waals surface area contributed by atoms with Crippen LogP contribution in [-0.2, 0) is 32.1 Å². The summed E-state index contributed by atoms with van der Waals surface area (Å²) in [6.45, 7) is 0.111. The number of halogens is 5. The average molecular weight is 611 g/mol. The van der Waals surface area contributed by atoms with Crippen LogP contribution in [0.2, 0.25) is 0 Å². The van der Waals surface area contributed by atoms with Gasteiger partial charge in [-0.05, 0) is 38.5 Å². The van der Waals surface area contributed by atoms with Gasteiger partial charge in [-0.25, -0.2) is 13.8 Å². The van der Waals surface area contributed by atoms with Crippen molar-refractivity contribution in [3.8, 4) is 0 Å². The van der Waals surface area contributed by atoms with Crippen molar-refractivity contribution in [1.29, 1.82) is 0 Å². The molecule has 0 spiro atoms. The molecule has 2 atom stereocenters. The van der Waals surface area contributed by atoms with Gasteiger partial charge in [-0.3, -0.25) is 19.4 Å². The number of hydrogen-bond acceptors (Lipinski definition) is 7. The van der Waals surface area contributed by atoms with Gasteiger partial charge in [-0.1, -0.05) is 12.1 Å². The molecular formula is C28H31F5N6O4. The molecule has 10 nitrogen and oxygen atoms in total. The van der Waals surface area contributed by atoms with E-state index in [1.54, 1.807) is 18.2 Å². The summed E-state index contributed by atoms with van der Waals surface area (Å²) in [5, 5.41) is 6.89. The fraction of sp³-hybridized carbons (Fsp3) is 0.464. The molecule has 2 aromatic rings. The van der Waals surface area contributed by atoms with Crippen molar-refractivity contribution >= 4 is 23.4 Å². The van der Waals surface area contributed by atoms with Crippen LogP contribution >= 0.6 is 0 Å². The molecule has 3 amide bonds. The molecule has 43 heavy (non-hydrogen) atoms. The number of nitrogens with one attached hydrogen (secondary N) is 1. The monoisotopic (exact) mass is 610 g/mol. The molecule has 232 valence electrons. The Morgan fingerprint density at radius 3 is 2.56 bits per heavy atom. The summed E-state index contributed by atoms with van der Waals surface area (Å²) < 4.78 is 72.7. The topological polar surface area (TPSA) is 130 Å². The summed E-state index contributed by atoms with van der Waals surface area (Å²) in [7, 11) is 0. The van der Waals surface area contributed by atoms with Gasteiger partial charge in [0, 0.05) is 36.5 Å². The molecule has 2 aliphatic heterocycles. The number of hydrogen-bond donors (Lipinski definition) is 2. The van der Waals surface area contributed by atoms with E-state index in [1.165, 1.54) is 31.0 Å². The molecule has 3 heterocycles. The Morgan fingerprint density at radius 1 is 1.19 bits per heavy atom. The van der Waals surface area contributed by atoms with Crippen molar-refractivity contribution in [1.82, 2.24) is 20.2 Å². The summed E-state index contributed by atoms with van der Waals surface area (Å²) >= 11 is 0. The van der Waals surface area contributed by atoms with Gasteiger partial charge >= 0.3 is 6.18 Å². The van der Waals surface area contributed by atoms with Crippen LogP contribution in [-0.4, -0.2) is 82.3 Å². The lowest BCUT2D eigenvalue weighted by Gasteiger charge is -2.39. The highest BCUT2D eigenvalue weighted by Crippen LogP contribution is 2.40. The van der Waals surface area contributed by atoms with Gasteiger partial charge in [0.1, 0.15) is 29.6 Å². The van der Waals surface area contributed by atoms with Crippen LogP contribution in [0, 0.1) is 17.0 Å². The number of nitrogens with zero attached hydrogens (tertiary/aromatic N) is 4. The van der Waals surface area contributed by atoms with Crippen LogP contribution in [0.25, 0.3) is 0 Å². The number of carbonyl (C=O) groups is 3. The maximum Gasteiger partial charge on any atom is 0.408 e. The number of rotatable bonds is 10. The lowest BCUT2D eigenvalue weighted by Crippen LogP contribution is -2.60. The smallest absolute Gasteiger partial charge is 0.374 e. The molecule has 15 heteroatoms. The second-order valence-electron chi connectivity index (χ2n) is 11.1. The average Bonchev–Trinajstić information content (AvgIpc) is 3.17. The molecule has 1 aromatic heterocycles. The van der Waals surface area contributed by atoms with E-state index in [0.717, 1.165) is 6.07 Å². The van der Waals surface area contributed by atoms with Crippen LogP contribution in [0.3, 0.4) is 0 Å². The number of fused-ring (bicyclic) bond motifs is 1. The Balaban J connectivity index is 1.56. The van der Waals surface area contributed by atoms with Crippen molar-refractivity contribution in [3.05, 3.63) is 65.5 Å². The van der Waals surface area contributed by atoms with Crippen LogP contribution in [0.4, 0.5) is 22.0 Å². The van der Waals surface area contributed by atoms with E-state index in [0.29, 0.717) is 16.8 Å². The minimum Gasteiger partial charge on any atom is -0.374 e. The van der Waals surface area contributed by atoms with Crippen LogP contribution in [0.5, 0.6) is 0 Å². The SMILES string of the molecule is CC(C)(N)C(=O)NC(COCc1ccc(F)cc1F)C(=O)N1CCC2(Cc3ccccn3)C(=O)N(CC(F)(F)F)N=C2C1. The van der Waals surface area contributed by atoms with E-state index in [-0.39, 0.29) is 43.8 Å². The standard InChI is InChI=1S/C28H31F5N6O4/c1-26(2,34)24(41)36-21(15-43-14-17-6-7-18(29)11-20(17)30)23(40)38-10-8-27(12-19-5-3-4-9-35-19)22(13-38)37-39(25(27)42)16-28(31,32)33/h3-7,9,11,21H,8,10,12-16,34H2,1-2H3,(H,36,41). The van der Waals surface area contributed by atoms with Gasteiger partial charge in [-0.2, -0.15) is 18.3 Å². The van der Waals surface area contributed by atoms with Crippen LogP contribution in [0.1, 0.15) is 31.5 Å². The van der Waals surface area contributed by atoms with Crippen molar-refractivity contribution in [3.63, 3.8) is 0 Å². The molecule has 0 aliphatic carbocycles. The molecule has 0 saturated carbocycles. The Morgan fingerprint density at radius 2 is 1.93 bits per heavy atom. The third kappa shape index (κ3) is 7.51. The predicted molar refractivity (Wildman–Crippen MR) is 143 cm³/mol. The maximum atomic E-state index is 14.1. The Labute approximate surface area is 244 Å². The number of nitrogens with two attached hydrogens (primary N) is 1. The van der Waals surface area contributed by atoms with Gasteiger partial charge in [0.25, 0.3) is 5.91 Å². The molecule has 1 aromatic carbocycles. The number of hydrazone groups is 1. The zero-order valence-corrected chi connectivity index (χ0v) is 23.5. The number of pyridine rings is 1. The lowest BCUT2D eigenvalue weighted by atomic mass is 9.73. The Kier molecular flexibility index (Phi) is 9.16. The summed E-state index contributed by atoms with van der Waals surface area (Å²) in [5.74, 6) is -3.85. The molecule has 3 N–H and O–H groups in total. The van der Waals surface area contributed by atoms with E-state index in [2.05, 4.69) is 15.4 Å². The van der Waals surface area contributed by atoms with Crippen molar-refractivity contribution < 1.29 is 41.1 Å². The first-order chi connectivity index (χ1) is 20.1. The zero-order chi connectivity index (χ0) is 31.6. The summed E-state index contributed by atoms with van der Waals surface area (Å²) in [4.78, 5) is 45.2. The molecule has 0 radical (unpaired) electrons. The predicted octanol–water partition coefficient (Wildman–Crippen LogP) is 2.32. The van der Waals surface area contributed by atoms with E-state index in [1.807, 2.05) is 0 Å². The fourth-order valence-electron chi connectivity index (χ4n) is 4.88. The summed E-state index contributed by atoms with van der Waals surface area (Å²) in [5.41, 5.74) is 3.59. The normalized spacial score (nSPS) is 19.6. The molecule has 0 bridgehead atoms. The minimum atomic E-state index is -4.71. The molecule has 1 saturated heterocycles. The number of benzene rings is 1. The highest BCUT2D eigenvalue weighted by Gasteiger charge is 2.55. The summed E-state index contributed by atoms with van der Waals surface area (Å²) in [6.07, 6.45) is -3.28. The van der Waals surface area contributed by atoms with E-state index < -0.39 is 65.7 Å². The maximum absolute atomic E-state index is 14.1. The quantitative estimate of drug-likeness (QED) is 0.398. The number of piperidine rings is 1. The Hall–Kier alpha value is -3.98. The molecule has 2 unspecified atom stereocenters. The van der Waals surface area contributed by atoms with Gasteiger partial charge in [-0.15, -0.1) is 0 Å². The van der Waals surface area contributed by atoms with Gasteiger partial charge in [0.2, 0.25) is 11.8 Å².